The summed E-state index contributed by atoms with van der Waals surface area (Å²) in [5, 5.41) is 0. The monoisotopic (exact) mass is 324 g/mol. The van der Waals surface area contributed by atoms with Crippen molar-refractivity contribution in [1.82, 2.24) is 9.47 Å². The van der Waals surface area contributed by atoms with Crippen molar-refractivity contribution >= 4 is 5.91 Å². The maximum Gasteiger partial charge on any atom is 0.225 e. The lowest BCUT2D eigenvalue weighted by molar-refractivity contribution is -0.138. The Bertz CT molecular complexity index is 755. The summed E-state index contributed by atoms with van der Waals surface area (Å²) in [7, 11) is 0. The number of hydrogen-bond acceptors (Lipinski definition) is 2. The molecule has 1 spiro atoms. The number of fused-ring (bicyclic) bond motifs is 3. The zero-order chi connectivity index (χ0) is 16.7. The number of likely N-dealkylation sites (tertiary alicyclic amines) is 1. The lowest BCUT2D eigenvalue weighted by Crippen LogP contribution is -2.49. The molecule has 1 amide bonds. The van der Waals surface area contributed by atoms with Gasteiger partial charge in [0.25, 0.3) is 0 Å². The Morgan fingerprint density at radius 3 is 2.62 bits per heavy atom. The minimum absolute atomic E-state index is 0.0543. The van der Waals surface area contributed by atoms with Gasteiger partial charge in [-0.2, -0.15) is 0 Å². The number of nitrogens with zero attached hydrogens (tertiary/aromatic N) is 2. The fraction of sp³-hybridized carbons (Fsp3) is 0.450. The van der Waals surface area contributed by atoms with E-state index in [0.717, 1.165) is 38.2 Å². The van der Waals surface area contributed by atoms with E-state index in [1.165, 1.54) is 11.3 Å². The summed E-state index contributed by atoms with van der Waals surface area (Å²) in [6, 6.07) is 12.6. The Balaban J connectivity index is 1.67. The van der Waals surface area contributed by atoms with Gasteiger partial charge in [0.15, 0.2) is 5.60 Å². The van der Waals surface area contributed by atoms with Gasteiger partial charge >= 0.3 is 0 Å². The van der Waals surface area contributed by atoms with Crippen LogP contribution in [0.1, 0.15) is 37.9 Å². The summed E-state index contributed by atoms with van der Waals surface area (Å²) in [6.45, 7) is 6.29. The first-order chi connectivity index (χ1) is 11.6. The molecule has 4 nitrogen and oxygen atoms in total. The average Bonchev–Trinajstić information content (AvgIpc) is 3.01. The van der Waals surface area contributed by atoms with Crippen LogP contribution >= 0.6 is 0 Å². The normalized spacial score (nSPS) is 18.7. The summed E-state index contributed by atoms with van der Waals surface area (Å²) in [6.07, 6.45) is 3.81. The number of benzene rings is 1. The van der Waals surface area contributed by atoms with Crippen LogP contribution in [-0.4, -0.2) is 28.5 Å². The molecule has 24 heavy (non-hydrogen) atoms. The quantitative estimate of drug-likeness (QED) is 0.806. The molecule has 2 aliphatic heterocycles. The van der Waals surface area contributed by atoms with Crippen molar-refractivity contribution in [3.63, 3.8) is 0 Å². The number of amides is 1. The summed E-state index contributed by atoms with van der Waals surface area (Å²) in [5.74, 6) is 1.28. The van der Waals surface area contributed by atoms with Crippen molar-refractivity contribution in [2.24, 2.45) is 5.92 Å². The van der Waals surface area contributed by atoms with Crippen molar-refractivity contribution in [3.8, 4) is 5.75 Å². The molecule has 0 aliphatic carbocycles. The number of ether oxygens (including phenoxy) is 1. The number of hydrogen-bond donors (Lipinski definition) is 0. The molecule has 3 heterocycles. The highest BCUT2D eigenvalue weighted by molar-refractivity contribution is 5.78. The van der Waals surface area contributed by atoms with Gasteiger partial charge in [0, 0.05) is 43.6 Å². The van der Waals surface area contributed by atoms with Gasteiger partial charge in [-0.25, -0.2) is 0 Å². The Kier molecular flexibility index (Phi) is 3.63. The molecule has 1 fully saturated rings. The number of para-hydroxylation sites is 1. The van der Waals surface area contributed by atoms with Crippen LogP contribution in [-0.2, 0) is 16.9 Å². The van der Waals surface area contributed by atoms with E-state index in [-0.39, 0.29) is 17.4 Å². The largest absolute Gasteiger partial charge is 0.481 e. The van der Waals surface area contributed by atoms with E-state index in [4.69, 9.17) is 4.74 Å². The van der Waals surface area contributed by atoms with Crippen molar-refractivity contribution in [2.75, 3.05) is 13.1 Å². The highest BCUT2D eigenvalue weighted by Crippen LogP contribution is 2.42. The maximum absolute atomic E-state index is 12.3. The molecule has 2 aromatic rings. The van der Waals surface area contributed by atoms with E-state index >= 15 is 0 Å². The Morgan fingerprint density at radius 2 is 1.88 bits per heavy atom. The lowest BCUT2D eigenvalue weighted by Gasteiger charge is -2.42. The van der Waals surface area contributed by atoms with Gasteiger partial charge in [0.2, 0.25) is 5.91 Å². The first kappa shape index (κ1) is 15.3. The molecular formula is C20H24N2O2. The number of carbonyl (C=O) groups excluding carboxylic acids is 1. The number of rotatable bonds is 1. The van der Waals surface area contributed by atoms with Crippen LogP contribution in [0.2, 0.25) is 0 Å². The Labute approximate surface area is 143 Å². The van der Waals surface area contributed by atoms with Gasteiger partial charge in [-0.1, -0.05) is 32.0 Å². The molecule has 0 unspecified atom stereocenters. The highest BCUT2D eigenvalue weighted by Gasteiger charge is 2.43. The summed E-state index contributed by atoms with van der Waals surface area (Å²) < 4.78 is 8.90. The zero-order valence-electron chi connectivity index (χ0n) is 14.4. The molecule has 4 heteroatoms. The average molecular weight is 324 g/mol. The van der Waals surface area contributed by atoms with E-state index in [0.29, 0.717) is 0 Å². The number of piperidine rings is 1. The van der Waals surface area contributed by atoms with Crippen LogP contribution in [0, 0.1) is 5.92 Å². The first-order valence-corrected chi connectivity index (χ1v) is 8.80. The predicted molar refractivity (Wildman–Crippen MR) is 92.9 cm³/mol. The van der Waals surface area contributed by atoms with Crippen molar-refractivity contribution < 1.29 is 9.53 Å². The fourth-order valence-corrected chi connectivity index (χ4v) is 3.96. The second-order valence-corrected chi connectivity index (χ2v) is 7.21. The molecule has 1 saturated heterocycles. The van der Waals surface area contributed by atoms with Gasteiger partial charge in [0.1, 0.15) is 5.75 Å². The van der Waals surface area contributed by atoms with Crippen LogP contribution in [0.3, 0.4) is 0 Å². The third-order valence-electron chi connectivity index (χ3n) is 5.29. The summed E-state index contributed by atoms with van der Waals surface area (Å²) in [4.78, 5) is 14.3. The maximum atomic E-state index is 12.3. The molecule has 0 saturated carbocycles. The lowest BCUT2D eigenvalue weighted by atomic mass is 9.87. The molecule has 126 valence electrons. The van der Waals surface area contributed by atoms with E-state index < -0.39 is 0 Å². The van der Waals surface area contributed by atoms with Gasteiger partial charge in [-0.3, -0.25) is 4.79 Å². The summed E-state index contributed by atoms with van der Waals surface area (Å²) in [5.41, 5.74) is 2.12. The molecule has 0 radical (unpaired) electrons. The first-order valence-electron chi connectivity index (χ1n) is 8.80. The van der Waals surface area contributed by atoms with E-state index in [1.807, 2.05) is 24.8 Å². The molecular weight excluding hydrogens is 300 g/mol. The molecule has 2 aliphatic rings. The van der Waals surface area contributed by atoms with Crippen LogP contribution in [0.4, 0.5) is 0 Å². The number of aromatic nitrogens is 1. The SMILES string of the molecule is CC(C)C(=O)N1CCC2(CC1)Oc1ccccc1Cn1cccc12. The smallest absolute Gasteiger partial charge is 0.225 e. The van der Waals surface area contributed by atoms with Crippen molar-refractivity contribution in [3.05, 3.63) is 53.9 Å². The molecule has 0 atom stereocenters. The van der Waals surface area contributed by atoms with Gasteiger partial charge < -0.3 is 14.2 Å². The van der Waals surface area contributed by atoms with E-state index in [9.17, 15) is 4.79 Å². The van der Waals surface area contributed by atoms with Crippen LogP contribution in [0.5, 0.6) is 5.75 Å². The van der Waals surface area contributed by atoms with E-state index in [1.54, 1.807) is 0 Å². The van der Waals surface area contributed by atoms with Gasteiger partial charge in [-0.05, 0) is 18.2 Å². The minimum Gasteiger partial charge on any atom is -0.481 e. The van der Waals surface area contributed by atoms with Crippen LogP contribution in [0.15, 0.2) is 42.6 Å². The fourth-order valence-electron chi connectivity index (χ4n) is 3.96. The zero-order valence-corrected chi connectivity index (χ0v) is 14.4. The standard InChI is InChI=1S/C20H24N2O2/c1-15(2)19(23)21-12-9-20(10-13-21)18-8-5-11-22(18)14-16-6-3-4-7-17(16)24-20/h3-8,11,15H,9-10,12-14H2,1-2H3. The molecule has 1 aromatic heterocycles. The third kappa shape index (κ3) is 2.41. The summed E-state index contributed by atoms with van der Waals surface area (Å²) >= 11 is 0. The Morgan fingerprint density at radius 1 is 1.12 bits per heavy atom. The van der Waals surface area contributed by atoms with Gasteiger partial charge in [-0.15, -0.1) is 0 Å². The minimum atomic E-state index is -0.330. The molecule has 0 N–H and O–H groups in total. The van der Waals surface area contributed by atoms with Gasteiger partial charge in [0.05, 0.1) is 12.2 Å². The van der Waals surface area contributed by atoms with Crippen molar-refractivity contribution in [2.45, 2.75) is 38.8 Å². The topological polar surface area (TPSA) is 34.5 Å². The second kappa shape index (κ2) is 5.69. The molecule has 1 aromatic carbocycles. The highest BCUT2D eigenvalue weighted by atomic mass is 16.5. The third-order valence-corrected chi connectivity index (χ3v) is 5.29. The molecule has 0 bridgehead atoms. The number of carbonyl (C=O) groups is 1. The van der Waals surface area contributed by atoms with Crippen LogP contribution < -0.4 is 4.74 Å². The Hall–Kier alpha value is -2.23. The van der Waals surface area contributed by atoms with Crippen molar-refractivity contribution in [1.29, 1.82) is 0 Å². The van der Waals surface area contributed by atoms with Crippen LogP contribution in [0.25, 0.3) is 0 Å². The predicted octanol–water partition coefficient (Wildman–Crippen LogP) is 3.40. The molecule has 4 rings (SSSR count). The second-order valence-electron chi connectivity index (χ2n) is 7.21. The van der Waals surface area contributed by atoms with E-state index in [2.05, 4.69) is 41.1 Å².